The molecule has 7 nitrogen and oxygen atoms in total. The molecule has 16 heavy (non-hydrogen) atoms. The van der Waals surface area contributed by atoms with Crippen LogP contribution >= 0.6 is 0 Å². The highest BCUT2D eigenvalue weighted by atomic mass is 32.2. The summed E-state index contributed by atoms with van der Waals surface area (Å²) in [5, 5.41) is -2.04. The summed E-state index contributed by atoms with van der Waals surface area (Å²) in [6.07, 6.45) is 0.569. The van der Waals surface area contributed by atoms with Crippen molar-refractivity contribution in [2.45, 2.75) is 11.7 Å². The Labute approximate surface area is 92.1 Å². The van der Waals surface area contributed by atoms with Gasteiger partial charge in [-0.1, -0.05) is 13.2 Å². The van der Waals surface area contributed by atoms with Crippen LogP contribution in [0.25, 0.3) is 0 Å². The monoisotopic (exact) mass is 250 g/mol. The van der Waals surface area contributed by atoms with Crippen molar-refractivity contribution in [1.82, 2.24) is 0 Å². The summed E-state index contributed by atoms with van der Waals surface area (Å²) in [5.74, 6) is -2.36. The van der Waals surface area contributed by atoms with Gasteiger partial charge in [0.2, 0.25) is 0 Å². The number of esters is 2. The molecular formula is C8H10O7S. The second-order valence-corrected chi connectivity index (χ2v) is 4.07. The van der Waals surface area contributed by atoms with Crippen molar-refractivity contribution in [3.8, 4) is 0 Å². The number of ether oxygens (including phenoxy) is 2. The van der Waals surface area contributed by atoms with E-state index in [1.54, 1.807) is 0 Å². The number of carbonyl (C=O) groups is 2. The third kappa shape index (κ3) is 4.71. The molecule has 0 saturated heterocycles. The average Bonchev–Trinajstić information content (AvgIpc) is 2.13. The lowest BCUT2D eigenvalue weighted by atomic mass is 10.3. The maximum absolute atomic E-state index is 11.1. The van der Waals surface area contributed by atoms with Crippen molar-refractivity contribution in [2.24, 2.45) is 0 Å². The molecule has 0 rings (SSSR count). The Balaban J connectivity index is 4.83. The molecule has 0 spiro atoms. The van der Waals surface area contributed by atoms with Gasteiger partial charge in [0.15, 0.2) is 5.25 Å². The Bertz CT molecular complexity index is 395. The lowest BCUT2D eigenvalue weighted by molar-refractivity contribution is -0.144. The first-order valence-corrected chi connectivity index (χ1v) is 5.41. The molecule has 8 heteroatoms. The maximum atomic E-state index is 11.1. The highest BCUT2D eigenvalue weighted by molar-refractivity contribution is 7.87. The molecule has 0 fully saturated rings. The van der Waals surface area contributed by atoms with E-state index in [1.165, 1.54) is 0 Å². The number of hydrogen-bond donors (Lipinski definition) is 1. The van der Waals surface area contributed by atoms with Crippen LogP contribution in [-0.4, -0.2) is 30.2 Å². The molecule has 0 amide bonds. The van der Waals surface area contributed by atoms with Gasteiger partial charge < -0.3 is 9.47 Å². The van der Waals surface area contributed by atoms with Crippen LogP contribution in [0.2, 0.25) is 0 Å². The van der Waals surface area contributed by atoms with Gasteiger partial charge in [-0.05, 0) is 0 Å². The summed E-state index contributed by atoms with van der Waals surface area (Å²) >= 11 is 0. The van der Waals surface area contributed by atoms with Crippen LogP contribution in [-0.2, 0) is 29.2 Å². The topological polar surface area (TPSA) is 107 Å². The standard InChI is InChI=1S/C8H10O7S/c1-3-14-7(9)5-6(16(11,12)13)8(10)15-4-2/h3-4,6H,1-2,5H2,(H,11,12,13). The molecule has 0 aromatic carbocycles. The Morgan fingerprint density at radius 2 is 1.75 bits per heavy atom. The minimum atomic E-state index is -4.76. The van der Waals surface area contributed by atoms with E-state index in [0.717, 1.165) is 6.26 Å². The molecule has 0 aromatic rings. The van der Waals surface area contributed by atoms with Crippen molar-refractivity contribution in [3.05, 3.63) is 25.7 Å². The SMILES string of the molecule is C=COC(=O)CC(C(=O)OC=C)S(=O)(=O)O. The predicted molar refractivity (Wildman–Crippen MR) is 52.5 cm³/mol. The van der Waals surface area contributed by atoms with Crippen molar-refractivity contribution in [3.63, 3.8) is 0 Å². The van der Waals surface area contributed by atoms with Gasteiger partial charge in [0.25, 0.3) is 10.1 Å². The van der Waals surface area contributed by atoms with Crippen molar-refractivity contribution >= 4 is 22.1 Å². The first kappa shape index (κ1) is 14.3. The van der Waals surface area contributed by atoms with Crippen LogP contribution in [0.3, 0.4) is 0 Å². The largest absolute Gasteiger partial charge is 0.435 e. The first-order valence-electron chi connectivity index (χ1n) is 3.91. The van der Waals surface area contributed by atoms with E-state index >= 15 is 0 Å². The molecule has 0 radical (unpaired) electrons. The molecule has 0 aliphatic carbocycles. The molecule has 1 atom stereocenters. The lowest BCUT2D eigenvalue weighted by Gasteiger charge is -2.09. The summed E-state index contributed by atoms with van der Waals surface area (Å²) in [7, 11) is -4.76. The van der Waals surface area contributed by atoms with Crippen LogP contribution in [0.1, 0.15) is 6.42 Å². The van der Waals surface area contributed by atoms with Gasteiger partial charge in [0.1, 0.15) is 0 Å². The molecular weight excluding hydrogens is 240 g/mol. The van der Waals surface area contributed by atoms with Crippen LogP contribution < -0.4 is 0 Å². The third-order valence-electron chi connectivity index (χ3n) is 1.39. The zero-order chi connectivity index (χ0) is 12.8. The van der Waals surface area contributed by atoms with Gasteiger partial charge in [0.05, 0.1) is 18.9 Å². The molecule has 1 N–H and O–H groups in total. The minimum Gasteiger partial charge on any atom is -0.435 e. The molecule has 0 aliphatic rings. The second kappa shape index (κ2) is 6.03. The van der Waals surface area contributed by atoms with E-state index < -0.39 is 33.7 Å². The van der Waals surface area contributed by atoms with Crippen LogP contribution in [0.4, 0.5) is 0 Å². The maximum Gasteiger partial charge on any atom is 0.332 e. The molecule has 0 heterocycles. The number of hydrogen-bond acceptors (Lipinski definition) is 6. The first-order chi connectivity index (χ1) is 7.32. The van der Waals surface area contributed by atoms with E-state index in [1.807, 2.05) is 0 Å². The zero-order valence-corrected chi connectivity index (χ0v) is 8.97. The van der Waals surface area contributed by atoms with E-state index in [-0.39, 0.29) is 0 Å². The van der Waals surface area contributed by atoms with E-state index in [9.17, 15) is 18.0 Å². The van der Waals surface area contributed by atoms with E-state index in [2.05, 4.69) is 22.6 Å². The normalized spacial score (nSPS) is 12.3. The Kier molecular flexibility index (Phi) is 5.40. The van der Waals surface area contributed by atoms with E-state index in [4.69, 9.17) is 4.55 Å². The minimum absolute atomic E-state index is 0.680. The Morgan fingerprint density at radius 3 is 2.12 bits per heavy atom. The molecule has 0 bridgehead atoms. The van der Waals surface area contributed by atoms with E-state index in [0.29, 0.717) is 6.26 Å². The Hall–Kier alpha value is -1.67. The summed E-state index contributed by atoms with van der Waals surface area (Å²) in [4.78, 5) is 22.0. The smallest absolute Gasteiger partial charge is 0.332 e. The molecule has 0 aromatic heterocycles. The van der Waals surface area contributed by atoms with Gasteiger partial charge in [-0.3, -0.25) is 14.1 Å². The fourth-order valence-corrected chi connectivity index (χ4v) is 1.41. The van der Waals surface area contributed by atoms with Crippen LogP contribution in [0, 0.1) is 0 Å². The molecule has 90 valence electrons. The van der Waals surface area contributed by atoms with Crippen molar-refractivity contribution in [1.29, 1.82) is 0 Å². The van der Waals surface area contributed by atoms with Crippen LogP contribution in [0.5, 0.6) is 0 Å². The fourth-order valence-electron chi connectivity index (χ4n) is 0.761. The van der Waals surface area contributed by atoms with Gasteiger partial charge in [0, 0.05) is 0 Å². The average molecular weight is 250 g/mol. The lowest BCUT2D eigenvalue weighted by Crippen LogP contribution is -2.33. The Morgan fingerprint density at radius 1 is 1.25 bits per heavy atom. The summed E-state index contributed by atoms with van der Waals surface area (Å²) in [6, 6.07) is 0. The summed E-state index contributed by atoms with van der Waals surface area (Å²) in [6.45, 7) is 6.09. The summed E-state index contributed by atoms with van der Waals surface area (Å²) < 4.78 is 38.6. The predicted octanol–water partition coefficient (Wildman–Crippen LogP) is 0.00630. The number of carbonyl (C=O) groups excluding carboxylic acids is 2. The second-order valence-electron chi connectivity index (χ2n) is 2.47. The fraction of sp³-hybridized carbons (Fsp3) is 0.250. The van der Waals surface area contributed by atoms with Crippen LogP contribution in [0.15, 0.2) is 25.7 Å². The highest BCUT2D eigenvalue weighted by Crippen LogP contribution is 2.08. The molecule has 0 aliphatic heterocycles. The zero-order valence-electron chi connectivity index (χ0n) is 8.16. The highest BCUT2D eigenvalue weighted by Gasteiger charge is 2.35. The van der Waals surface area contributed by atoms with Gasteiger partial charge >= 0.3 is 11.9 Å². The third-order valence-corrected chi connectivity index (χ3v) is 2.47. The molecule has 1 unspecified atom stereocenters. The van der Waals surface area contributed by atoms with Gasteiger partial charge in [-0.2, -0.15) is 8.42 Å². The van der Waals surface area contributed by atoms with Gasteiger partial charge in [-0.25, -0.2) is 0 Å². The van der Waals surface area contributed by atoms with Crippen molar-refractivity contribution in [2.75, 3.05) is 0 Å². The molecule has 0 saturated carbocycles. The van der Waals surface area contributed by atoms with Gasteiger partial charge in [-0.15, -0.1) is 0 Å². The number of rotatable bonds is 6. The summed E-state index contributed by atoms with van der Waals surface area (Å²) in [5.41, 5.74) is 0. The van der Waals surface area contributed by atoms with Crippen molar-refractivity contribution < 1.29 is 32.0 Å². The quantitative estimate of drug-likeness (QED) is 0.402.